The molecule has 14 nitrogen and oxygen atoms in total. The van der Waals surface area contributed by atoms with E-state index in [1.165, 1.54) is 41.3 Å². The van der Waals surface area contributed by atoms with Crippen LogP contribution in [0.1, 0.15) is 34.5 Å². The molecule has 2 atom stereocenters. The van der Waals surface area contributed by atoms with Crippen molar-refractivity contribution in [2.45, 2.75) is 30.2 Å². The van der Waals surface area contributed by atoms with Crippen molar-refractivity contribution in [1.29, 1.82) is 0 Å². The highest BCUT2D eigenvalue weighted by Gasteiger charge is 2.41. The first kappa shape index (κ1) is 29.5. The van der Waals surface area contributed by atoms with Gasteiger partial charge in [0.05, 0.1) is 16.4 Å². The van der Waals surface area contributed by atoms with E-state index in [4.69, 9.17) is 4.65 Å². The molecule has 4 N–H and O–H groups in total. The Hall–Kier alpha value is -4.44. The molecule has 0 bridgehead atoms. The summed E-state index contributed by atoms with van der Waals surface area (Å²) in [6, 6.07) is 6.98. The number of imide groups is 1. The zero-order chi connectivity index (χ0) is 30.1. The quantitative estimate of drug-likeness (QED) is 0.239. The third-order valence-electron chi connectivity index (χ3n) is 6.78. The fourth-order valence-electron chi connectivity index (χ4n) is 4.56. The molecule has 2 aromatic rings. The summed E-state index contributed by atoms with van der Waals surface area (Å²) < 4.78 is 29.2. The Bertz CT molecular complexity index is 1510. The number of aromatic carboxylic acids is 1. The Labute approximate surface area is 235 Å². The smallest absolute Gasteiger partial charge is 0.534 e. The predicted octanol–water partition coefficient (Wildman–Crippen LogP) is -0.631. The zero-order valence-electron chi connectivity index (χ0n) is 22.1. The van der Waals surface area contributed by atoms with Crippen LogP contribution in [0.3, 0.4) is 0 Å². The largest absolute Gasteiger partial charge is 0.547 e. The van der Waals surface area contributed by atoms with Gasteiger partial charge in [0.25, 0.3) is 0 Å². The number of nitrogens with zero attached hydrogens (tertiary/aromatic N) is 2. The third kappa shape index (κ3) is 6.17. The van der Waals surface area contributed by atoms with Crippen molar-refractivity contribution < 1.29 is 47.2 Å². The number of benzene rings is 2. The minimum Gasteiger partial charge on any atom is -0.534 e. The van der Waals surface area contributed by atoms with Gasteiger partial charge in [-0.2, -0.15) is 0 Å². The molecular weight excluding hydrogens is 559 g/mol. The Morgan fingerprint density at radius 1 is 1.10 bits per heavy atom. The lowest BCUT2D eigenvalue weighted by Crippen LogP contribution is -2.60. The van der Waals surface area contributed by atoms with Gasteiger partial charge in [-0.1, -0.05) is 24.3 Å². The topological polar surface area (TPSA) is 200 Å². The summed E-state index contributed by atoms with van der Waals surface area (Å²) in [5, 5.41) is 25.0. The lowest BCUT2D eigenvalue weighted by molar-refractivity contribution is -0.153. The van der Waals surface area contributed by atoms with Crippen LogP contribution in [0.4, 0.5) is 4.79 Å². The van der Waals surface area contributed by atoms with E-state index in [0.29, 0.717) is 10.5 Å². The molecule has 0 aliphatic carbocycles. The Balaban J connectivity index is 1.59. The molecule has 0 radical (unpaired) electrons. The van der Waals surface area contributed by atoms with Gasteiger partial charge in [0.1, 0.15) is 11.8 Å². The highest BCUT2D eigenvalue weighted by molar-refractivity contribution is 7.90. The number of carboxylic acids is 1. The number of carboxylic acid groups (broad SMARTS) is 1. The predicted molar refractivity (Wildman–Crippen MR) is 142 cm³/mol. The fourth-order valence-corrected chi connectivity index (χ4v) is 5.19. The van der Waals surface area contributed by atoms with Crippen LogP contribution in [0.5, 0.6) is 5.75 Å². The monoisotopic (exact) mass is 586 g/mol. The highest BCUT2D eigenvalue weighted by Crippen LogP contribution is 2.30. The number of carbonyl (C=O) groups is 5. The average Bonchev–Trinajstić information content (AvgIpc) is 2.92. The van der Waals surface area contributed by atoms with Crippen LogP contribution < -0.4 is 15.3 Å². The van der Waals surface area contributed by atoms with E-state index >= 15 is 0 Å². The van der Waals surface area contributed by atoms with Gasteiger partial charge in [-0.15, -0.1) is 0 Å². The maximum Gasteiger partial charge on any atom is 0.547 e. The molecule has 2 aliphatic rings. The van der Waals surface area contributed by atoms with Gasteiger partial charge in [-0.25, -0.2) is 18.0 Å². The molecule has 2 heterocycles. The van der Waals surface area contributed by atoms with Gasteiger partial charge in [0.15, 0.2) is 9.84 Å². The van der Waals surface area contributed by atoms with Crippen LogP contribution in [0.15, 0.2) is 47.4 Å². The van der Waals surface area contributed by atoms with Crippen LogP contribution in [0, 0.1) is 0 Å². The summed E-state index contributed by atoms with van der Waals surface area (Å²) in [4.78, 5) is 64.9. The minimum atomic E-state index is -3.57. The van der Waals surface area contributed by atoms with E-state index in [2.05, 4.69) is 10.6 Å². The molecule has 16 heteroatoms. The number of nitrogens with one attached hydrogen (secondary N) is 2. The summed E-state index contributed by atoms with van der Waals surface area (Å²) in [5.74, 6) is -5.14. The number of hydrogen-bond acceptors (Lipinski definition) is 9. The first-order chi connectivity index (χ1) is 19.3. The second-order valence-electron chi connectivity index (χ2n) is 9.49. The van der Waals surface area contributed by atoms with Crippen LogP contribution in [0.25, 0.3) is 0 Å². The molecule has 2 aliphatic heterocycles. The van der Waals surface area contributed by atoms with Gasteiger partial charge in [0, 0.05) is 25.9 Å². The highest BCUT2D eigenvalue weighted by atomic mass is 32.2. The maximum absolute atomic E-state index is 13.5. The number of sulfone groups is 1. The van der Waals surface area contributed by atoms with Crippen molar-refractivity contribution in [3.05, 3.63) is 59.2 Å². The van der Waals surface area contributed by atoms with Crippen molar-refractivity contribution in [2.24, 2.45) is 0 Å². The van der Waals surface area contributed by atoms with E-state index in [-0.39, 0.29) is 47.8 Å². The van der Waals surface area contributed by atoms with Gasteiger partial charge in [0.2, 0.25) is 5.91 Å². The maximum atomic E-state index is 13.5. The first-order valence-corrected chi connectivity index (χ1v) is 14.4. The summed E-state index contributed by atoms with van der Waals surface area (Å²) in [6.07, 6.45) is 0.994. The number of para-hydroxylation sites is 1. The molecule has 1 saturated heterocycles. The molecule has 1 fully saturated rings. The van der Waals surface area contributed by atoms with Crippen molar-refractivity contribution in [1.82, 2.24) is 20.4 Å². The molecule has 4 rings (SSSR count). The molecule has 1 unspecified atom stereocenters. The van der Waals surface area contributed by atoms with E-state index in [1.807, 2.05) is 0 Å². The van der Waals surface area contributed by atoms with Crippen molar-refractivity contribution in [3.8, 4) is 5.75 Å². The van der Waals surface area contributed by atoms with Crippen molar-refractivity contribution >= 4 is 46.7 Å². The second-order valence-corrected chi connectivity index (χ2v) is 11.5. The van der Waals surface area contributed by atoms with E-state index in [1.54, 1.807) is 13.0 Å². The summed E-state index contributed by atoms with van der Waals surface area (Å²) >= 11 is 0. The minimum absolute atomic E-state index is 0.0109. The normalized spacial score (nSPS) is 17.8. The number of fused-ring (bicyclic) bond motifs is 1. The summed E-state index contributed by atoms with van der Waals surface area (Å²) in [5.41, 5.74) is 0.398. The number of piperazine rings is 1. The second kappa shape index (κ2) is 11.6. The molecular formula is C25H27BN4O10S. The summed E-state index contributed by atoms with van der Waals surface area (Å²) in [7, 11) is -5.21. The molecule has 5 amide bonds. The number of rotatable bonds is 7. The molecule has 0 saturated carbocycles. The van der Waals surface area contributed by atoms with E-state index < -0.39 is 58.7 Å². The molecule has 216 valence electrons. The number of hydrogen-bond donors (Lipinski definition) is 4. The average molecular weight is 586 g/mol. The Kier molecular flexibility index (Phi) is 8.35. The lowest BCUT2D eigenvalue weighted by Gasteiger charge is -2.33. The lowest BCUT2D eigenvalue weighted by atomic mass is 9.72. The number of likely N-dealkylation sites (N-methyl/N-ethyl adjacent to an activating group) is 1. The van der Waals surface area contributed by atoms with Gasteiger partial charge >= 0.3 is 30.9 Å². The third-order valence-corrected chi connectivity index (χ3v) is 7.91. The SMILES string of the molecule is CCN1CCN(C(=O)NC(C(=O)N[C@H]2Cc3cccc(C(=O)O)c3OB2O)c2ccc(S(C)(=O)=O)cc2)C(=O)C1=O. The molecule has 0 spiro atoms. The molecule has 41 heavy (non-hydrogen) atoms. The Morgan fingerprint density at radius 2 is 1.78 bits per heavy atom. The first-order valence-electron chi connectivity index (χ1n) is 12.5. The zero-order valence-corrected chi connectivity index (χ0v) is 22.9. The molecule has 2 aromatic carbocycles. The number of urea groups is 1. The van der Waals surface area contributed by atoms with Crippen molar-refractivity contribution in [3.63, 3.8) is 0 Å². The molecule has 0 aromatic heterocycles. The standard InChI is InChI=1S/C25H27BN4O10S/c1-3-29-11-12-30(23(33)22(29)32)25(36)28-19(14-7-9-16(10-8-14)41(2,38)39)21(31)27-18-13-15-5-4-6-17(24(34)35)20(15)40-26(18)37/h4-10,18-19,37H,3,11-13H2,1-2H3,(H,27,31)(H,28,36)(H,34,35)/t18-,19?/m0/s1. The van der Waals surface area contributed by atoms with E-state index in [0.717, 1.165) is 6.26 Å². The van der Waals surface area contributed by atoms with Crippen LogP contribution >= 0.6 is 0 Å². The van der Waals surface area contributed by atoms with Crippen LogP contribution in [-0.4, -0.2) is 97.0 Å². The number of carbonyl (C=O) groups excluding carboxylic acids is 4. The van der Waals surface area contributed by atoms with Crippen LogP contribution in [0.2, 0.25) is 0 Å². The van der Waals surface area contributed by atoms with Crippen LogP contribution in [-0.2, 0) is 30.6 Å². The van der Waals surface area contributed by atoms with E-state index in [9.17, 15) is 42.5 Å². The summed E-state index contributed by atoms with van der Waals surface area (Å²) in [6.45, 7) is 1.97. The van der Waals surface area contributed by atoms with Gasteiger partial charge < -0.3 is 30.3 Å². The fraction of sp³-hybridized carbons (Fsp3) is 0.320. The Morgan fingerprint density at radius 3 is 2.39 bits per heavy atom. The number of amides is 5. The van der Waals surface area contributed by atoms with Gasteiger partial charge in [-0.05, 0) is 42.7 Å². The van der Waals surface area contributed by atoms with Crippen molar-refractivity contribution in [2.75, 3.05) is 25.9 Å². The van der Waals surface area contributed by atoms with Gasteiger partial charge in [-0.3, -0.25) is 19.3 Å².